The maximum Gasteiger partial charge on any atom is 0.255 e. The molecule has 2 saturated carbocycles. The molecule has 0 bridgehead atoms. The lowest BCUT2D eigenvalue weighted by Crippen LogP contribution is -2.54. The summed E-state index contributed by atoms with van der Waals surface area (Å²) in [6.45, 7) is 10.6. The predicted molar refractivity (Wildman–Crippen MR) is 145 cm³/mol. The number of aromatic nitrogens is 1. The van der Waals surface area contributed by atoms with Crippen LogP contribution in [0.3, 0.4) is 0 Å². The first-order chi connectivity index (χ1) is 16.9. The van der Waals surface area contributed by atoms with Gasteiger partial charge in [0.15, 0.2) is 0 Å². The molecule has 2 aromatic rings. The standard InChI is InChI=1S/C30H38N2O3Si/c1-19-25(7-6-15-31-19)32-28(34)21-9-10-22-20(17-21)8-11-23-24-12-13-30(35,14-16-36(3,4)5)29(24,2)18-26(33)27(22)23/h6-7,9-10,15,17,23-24,26-27,33,35H,8,11-13,18H2,1-5H3,(H,32,34)/t23-,24-,26-,27+,29-,30+/m0/s1. The summed E-state index contributed by atoms with van der Waals surface area (Å²) < 4.78 is 0. The van der Waals surface area contributed by atoms with Crippen LogP contribution in [0.15, 0.2) is 36.5 Å². The first kappa shape index (κ1) is 25.2. The van der Waals surface area contributed by atoms with Crippen molar-refractivity contribution in [3.05, 3.63) is 58.9 Å². The molecule has 5 nitrogen and oxygen atoms in total. The van der Waals surface area contributed by atoms with Crippen LogP contribution in [0.1, 0.15) is 65.7 Å². The summed E-state index contributed by atoms with van der Waals surface area (Å²) in [5.41, 5.74) is 6.43. The van der Waals surface area contributed by atoms with Crippen molar-refractivity contribution >= 4 is 19.7 Å². The number of aryl methyl sites for hydroxylation is 2. The second kappa shape index (κ2) is 8.83. The van der Waals surface area contributed by atoms with E-state index in [0.717, 1.165) is 30.5 Å². The zero-order valence-electron chi connectivity index (χ0n) is 22.1. The normalized spacial score (nSPS) is 33.0. The monoisotopic (exact) mass is 502 g/mol. The Morgan fingerprint density at radius 1 is 1.22 bits per heavy atom. The second-order valence-electron chi connectivity index (χ2n) is 12.4. The fourth-order valence-electron chi connectivity index (χ4n) is 7.12. The number of carbonyl (C=O) groups is 1. The van der Waals surface area contributed by atoms with Gasteiger partial charge in [0, 0.05) is 23.1 Å². The number of anilines is 1. The molecule has 1 amide bonds. The average molecular weight is 503 g/mol. The number of nitrogens with one attached hydrogen (secondary N) is 1. The van der Waals surface area contributed by atoms with Crippen LogP contribution in [0.25, 0.3) is 0 Å². The Balaban J connectivity index is 1.41. The van der Waals surface area contributed by atoms with Crippen LogP contribution in [-0.2, 0) is 6.42 Å². The lowest BCUT2D eigenvalue weighted by Gasteiger charge is -2.54. The van der Waals surface area contributed by atoms with Crippen molar-refractivity contribution in [2.24, 2.45) is 17.3 Å². The van der Waals surface area contributed by atoms with Crippen LogP contribution in [-0.4, -0.2) is 40.9 Å². The van der Waals surface area contributed by atoms with Gasteiger partial charge >= 0.3 is 0 Å². The molecule has 1 heterocycles. The highest BCUT2D eigenvalue weighted by atomic mass is 28.3. The third kappa shape index (κ3) is 4.21. The van der Waals surface area contributed by atoms with E-state index in [-0.39, 0.29) is 11.8 Å². The molecule has 36 heavy (non-hydrogen) atoms. The Morgan fingerprint density at radius 2 is 2.00 bits per heavy atom. The molecule has 1 aromatic carbocycles. The highest BCUT2D eigenvalue weighted by Gasteiger charge is 2.63. The van der Waals surface area contributed by atoms with Gasteiger partial charge < -0.3 is 15.5 Å². The zero-order chi connectivity index (χ0) is 25.9. The van der Waals surface area contributed by atoms with Gasteiger partial charge in [-0.15, -0.1) is 5.54 Å². The Labute approximate surface area is 215 Å². The first-order valence-corrected chi connectivity index (χ1v) is 16.7. The third-order valence-corrected chi connectivity index (χ3v) is 9.89. The van der Waals surface area contributed by atoms with E-state index in [0.29, 0.717) is 35.9 Å². The molecule has 1 aromatic heterocycles. The topological polar surface area (TPSA) is 82.5 Å². The van der Waals surface area contributed by atoms with E-state index < -0.39 is 25.2 Å². The molecule has 5 rings (SSSR count). The number of hydrogen-bond donors (Lipinski definition) is 3. The number of aliphatic hydroxyl groups is 2. The highest BCUT2D eigenvalue weighted by molar-refractivity contribution is 6.83. The molecular weight excluding hydrogens is 464 g/mol. The summed E-state index contributed by atoms with van der Waals surface area (Å²) in [6.07, 6.45) is 5.19. The lowest BCUT2D eigenvalue weighted by molar-refractivity contribution is -0.107. The number of amides is 1. The van der Waals surface area contributed by atoms with E-state index in [1.165, 1.54) is 5.56 Å². The van der Waals surface area contributed by atoms with Gasteiger partial charge in [0.2, 0.25) is 0 Å². The Kier molecular flexibility index (Phi) is 6.18. The summed E-state index contributed by atoms with van der Waals surface area (Å²) in [7, 11) is -1.62. The molecule has 0 unspecified atom stereocenters. The Hall–Kier alpha value is -2.46. The van der Waals surface area contributed by atoms with Gasteiger partial charge in [0.05, 0.1) is 17.5 Å². The number of benzene rings is 1. The van der Waals surface area contributed by atoms with Gasteiger partial charge in [0.25, 0.3) is 5.91 Å². The maximum atomic E-state index is 13.0. The maximum absolute atomic E-state index is 13.0. The molecule has 6 heteroatoms. The minimum Gasteiger partial charge on any atom is -0.392 e. The molecule has 3 aliphatic carbocycles. The minimum atomic E-state index is -1.62. The SMILES string of the molecule is Cc1ncccc1NC(=O)c1ccc2c(c1)CC[C@@H]1[C@@H]2[C@@H](O)C[C@@]2(C)[C@H]1CC[C@@]2(O)C#C[Si](C)(C)C. The summed E-state index contributed by atoms with van der Waals surface area (Å²) >= 11 is 0. The molecule has 0 saturated heterocycles. The second-order valence-corrected chi connectivity index (χ2v) is 17.2. The van der Waals surface area contributed by atoms with Gasteiger partial charge in [0.1, 0.15) is 13.7 Å². The number of aliphatic hydroxyl groups excluding tert-OH is 1. The number of hydrogen-bond acceptors (Lipinski definition) is 4. The van der Waals surface area contributed by atoms with Crippen LogP contribution in [0.5, 0.6) is 0 Å². The van der Waals surface area contributed by atoms with Crippen molar-refractivity contribution in [3.63, 3.8) is 0 Å². The van der Waals surface area contributed by atoms with Crippen molar-refractivity contribution in [3.8, 4) is 11.5 Å². The van der Waals surface area contributed by atoms with Gasteiger partial charge in [-0.3, -0.25) is 9.78 Å². The summed E-state index contributed by atoms with van der Waals surface area (Å²) in [6, 6.07) is 9.60. The van der Waals surface area contributed by atoms with Crippen LogP contribution in [0, 0.1) is 35.6 Å². The van der Waals surface area contributed by atoms with Crippen LogP contribution in [0.2, 0.25) is 19.6 Å². The average Bonchev–Trinajstić information content (AvgIpc) is 3.08. The molecule has 3 N–H and O–H groups in total. The van der Waals surface area contributed by atoms with E-state index in [4.69, 9.17) is 0 Å². The summed E-state index contributed by atoms with van der Waals surface area (Å²) in [4.78, 5) is 17.2. The van der Waals surface area contributed by atoms with E-state index in [2.05, 4.69) is 54.4 Å². The van der Waals surface area contributed by atoms with Crippen LogP contribution < -0.4 is 5.32 Å². The zero-order valence-corrected chi connectivity index (χ0v) is 23.1. The molecule has 0 radical (unpaired) electrons. The molecule has 2 fully saturated rings. The van der Waals surface area contributed by atoms with E-state index in [9.17, 15) is 15.0 Å². The molecule has 3 aliphatic rings. The number of rotatable bonds is 2. The largest absolute Gasteiger partial charge is 0.392 e. The van der Waals surface area contributed by atoms with Crippen molar-refractivity contribution < 1.29 is 15.0 Å². The fraction of sp³-hybridized carbons (Fsp3) is 0.533. The van der Waals surface area contributed by atoms with E-state index in [1.54, 1.807) is 6.20 Å². The Morgan fingerprint density at radius 3 is 2.72 bits per heavy atom. The van der Waals surface area contributed by atoms with Gasteiger partial charge in [-0.25, -0.2) is 0 Å². The Bertz CT molecular complexity index is 1260. The van der Waals surface area contributed by atoms with Crippen LogP contribution in [0.4, 0.5) is 5.69 Å². The number of carbonyl (C=O) groups excluding carboxylic acids is 1. The van der Waals surface area contributed by atoms with Gasteiger partial charge in [-0.1, -0.05) is 38.6 Å². The molecule has 6 atom stereocenters. The quantitative estimate of drug-likeness (QED) is 0.395. The number of pyridine rings is 1. The van der Waals surface area contributed by atoms with E-state index in [1.807, 2.05) is 31.2 Å². The van der Waals surface area contributed by atoms with Crippen molar-refractivity contribution in [2.75, 3.05) is 5.32 Å². The number of fused-ring (bicyclic) bond motifs is 5. The molecule has 190 valence electrons. The third-order valence-electron chi connectivity index (χ3n) is 9.02. The smallest absolute Gasteiger partial charge is 0.255 e. The molecule has 0 spiro atoms. The first-order valence-electron chi connectivity index (χ1n) is 13.2. The predicted octanol–water partition coefficient (Wildman–Crippen LogP) is 5.08. The summed E-state index contributed by atoms with van der Waals surface area (Å²) in [5.74, 6) is 3.86. The molecule has 0 aliphatic heterocycles. The van der Waals surface area contributed by atoms with Crippen molar-refractivity contribution in [1.29, 1.82) is 0 Å². The lowest BCUT2D eigenvalue weighted by atomic mass is 9.52. The fourth-order valence-corrected chi connectivity index (χ4v) is 7.70. The van der Waals surface area contributed by atoms with Crippen molar-refractivity contribution in [2.45, 2.75) is 83.2 Å². The molecular formula is C30H38N2O3Si. The minimum absolute atomic E-state index is 0.0387. The van der Waals surface area contributed by atoms with Crippen LogP contribution >= 0.6 is 0 Å². The van der Waals surface area contributed by atoms with Crippen molar-refractivity contribution in [1.82, 2.24) is 4.98 Å². The van der Waals surface area contributed by atoms with Gasteiger partial charge in [-0.2, -0.15) is 0 Å². The highest BCUT2D eigenvalue weighted by Crippen LogP contribution is 2.64. The van der Waals surface area contributed by atoms with E-state index >= 15 is 0 Å². The van der Waals surface area contributed by atoms with Gasteiger partial charge in [-0.05, 0) is 86.3 Å². The summed E-state index contributed by atoms with van der Waals surface area (Å²) in [5, 5.41) is 26.2. The number of nitrogens with zero attached hydrogens (tertiary/aromatic N) is 1.